The van der Waals surface area contributed by atoms with E-state index in [0.29, 0.717) is 46.3 Å². The molecule has 3 aliphatic rings. The Morgan fingerprint density at radius 3 is 2.47 bits per heavy atom. The van der Waals surface area contributed by atoms with Crippen LogP contribution < -0.4 is 20.3 Å². The van der Waals surface area contributed by atoms with Crippen LogP contribution in [-0.2, 0) is 4.79 Å². The maximum atomic E-state index is 15.3. The van der Waals surface area contributed by atoms with Gasteiger partial charge in [0, 0.05) is 84.3 Å². The van der Waals surface area contributed by atoms with Gasteiger partial charge in [0.15, 0.2) is 0 Å². The molecule has 5 aromatic rings. The van der Waals surface area contributed by atoms with Gasteiger partial charge in [-0.15, -0.1) is 0 Å². The van der Waals surface area contributed by atoms with E-state index in [0.717, 1.165) is 67.2 Å². The number of nitrogens with one attached hydrogen (secondary N) is 2. The zero-order valence-electron chi connectivity index (χ0n) is 27.4. The van der Waals surface area contributed by atoms with Gasteiger partial charge in [-0.05, 0) is 62.1 Å². The van der Waals surface area contributed by atoms with Crippen molar-refractivity contribution in [3.63, 3.8) is 0 Å². The SMILES string of the molecule is C=CC(=O)Nc1cc(Nc2ncc(-c3ccc(F)cc3F)c(-c3cn(C4CC4)c4ccccc34)n2)c(OC)cc1N1CC2CN(C)C[C@@H]2C1. The van der Waals surface area contributed by atoms with Crippen LogP contribution in [0.3, 0.4) is 0 Å². The topological polar surface area (TPSA) is 87.5 Å². The molecule has 0 radical (unpaired) electrons. The fourth-order valence-electron chi connectivity index (χ4n) is 7.53. The molecule has 8 rings (SSSR count). The minimum atomic E-state index is -0.700. The smallest absolute Gasteiger partial charge is 0.247 e. The summed E-state index contributed by atoms with van der Waals surface area (Å²) in [6, 6.07) is 15.8. The molecule has 3 aromatic carbocycles. The number of hydrogen-bond acceptors (Lipinski definition) is 7. The fourth-order valence-corrected chi connectivity index (χ4v) is 7.53. The molecule has 4 heterocycles. The fraction of sp³-hybridized carbons (Fsp3) is 0.289. The van der Waals surface area contributed by atoms with Gasteiger partial charge in [0.2, 0.25) is 11.9 Å². The molecule has 2 atom stereocenters. The molecule has 2 saturated heterocycles. The van der Waals surface area contributed by atoms with E-state index in [1.54, 1.807) is 13.3 Å². The number of carbonyl (C=O) groups excluding carboxylic acids is 1. The second kappa shape index (κ2) is 12.3. The molecular formula is C38H37F2N7O2. The Morgan fingerprint density at radius 2 is 1.76 bits per heavy atom. The van der Waals surface area contributed by atoms with E-state index < -0.39 is 11.6 Å². The molecule has 250 valence electrons. The van der Waals surface area contributed by atoms with E-state index in [9.17, 15) is 9.18 Å². The lowest BCUT2D eigenvalue weighted by molar-refractivity contribution is -0.111. The van der Waals surface area contributed by atoms with Crippen LogP contribution in [0, 0.1) is 23.5 Å². The number of para-hydroxylation sites is 1. The predicted molar refractivity (Wildman–Crippen MR) is 188 cm³/mol. The molecule has 2 aliphatic heterocycles. The van der Waals surface area contributed by atoms with E-state index in [1.165, 1.54) is 18.2 Å². The van der Waals surface area contributed by atoms with Crippen LogP contribution in [0.15, 0.2) is 79.6 Å². The van der Waals surface area contributed by atoms with Crippen molar-refractivity contribution in [1.29, 1.82) is 0 Å². The molecule has 0 bridgehead atoms. The quantitative estimate of drug-likeness (QED) is 0.161. The highest BCUT2D eigenvalue weighted by molar-refractivity contribution is 6.02. The van der Waals surface area contributed by atoms with E-state index in [-0.39, 0.29) is 17.4 Å². The normalized spacial score (nSPS) is 18.9. The number of amides is 1. The highest BCUT2D eigenvalue weighted by Gasteiger charge is 2.39. The van der Waals surface area contributed by atoms with E-state index in [4.69, 9.17) is 9.72 Å². The lowest BCUT2D eigenvalue weighted by atomic mass is 10.00. The monoisotopic (exact) mass is 661 g/mol. The third-order valence-electron chi connectivity index (χ3n) is 9.96. The largest absolute Gasteiger partial charge is 0.494 e. The van der Waals surface area contributed by atoms with Crippen LogP contribution in [0.25, 0.3) is 33.3 Å². The number of halogens is 2. The number of nitrogens with zero attached hydrogens (tertiary/aromatic N) is 5. The Balaban J connectivity index is 1.22. The summed E-state index contributed by atoms with van der Waals surface area (Å²) in [5.74, 6) is 0.214. The molecule has 2 N–H and O–H groups in total. The molecule has 9 nitrogen and oxygen atoms in total. The molecule has 3 fully saturated rings. The summed E-state index contributed by atoms with van der Waals surface area (Å²) in [6.07, 6.45) is 7.05. The van der Waals surface area contributed by atoms with Crippen molar-refractivity contribution < 1.29 is 18.3 Å². The van der Waals surface area contributed by atoms with Gasteiger partial charge in [0.25, 0.3) is 0 Å². The van der Waals surface area contributed by atoms with Crippen molar-refractivity contribution in [2.24, 2.45) is 11.8 Å². The first kappa shape index (κ1) is 31.0. The zero-order chi connectivity index (χ0) is 33.8. The second-order valence-electron chi connectivity index (χ2n) is 13.3. The van der Waals surface area contributed by atoms with Crippen LogP contribution in [0.1, 0.15) is 18.9 Å². The highest BCUT2D eigenvalue weighted by Crippen LogP contribution is 2.45. The lowest BCUT2D eigenvalue weighted by Crippen LogP contribution is -2.27. The summed E-state index contributed by atoms with van der Waals surface area (Å²) in [5.41, 5.74) is 5.04. The molecule has 0 spiro atoms. The first-order chi connectivity index (χ1) is 23.8. The molecule has 49 heavy (non-hydrogen) atoms. The molecular weight excluding hydrogens is 624 g/mol. The average molecular weight is 662 g/mol. The van der Waals surface area contributed by atoms with Crippen molar-refractivity contribution in [3.8, 4) is 28.1 Å². The standard InChI is InChI=1S/C38H37F2N7O2/c1-4-36(48)42-31-14-32(35(49-3)15-34(31)46-19-22-17-45(2)18-23(22)20-46)43-38-41-16-28(26-12-9-24(39)13-30(26)40)37(44-38)29-21-47(25-10-11-25)33-8-6-5-7-27(29)33/h4-9,12-16,21-23,25H,1,10-11,17-20H2,2-3H3,(H,42,48)(H,41,43,44)/t22-,23?/m1/s1. The maximum Gasteiger partial charge on any atom is 0.247 e. The van der Waals surface area contributed by atoms with Gasteiger partial charge in [-0.1, -0.05) is 24.8 Å². The Bertz CT molecular complexity index is 2100. The van der Waals surface area contributed by atoms with Gasteiger partial charge in [-0.25, -0.2) is 18.7 Å². The molecule has 11 heteroatoms. The van der Waals surface area contributed by atoms with Crippen molar-refractivity contribution in [2.75, 3.05) is 55.9 Å². The van der Waals surface area contributed by atoms with Crippen molar-refractivity contribution in [3.05, 3.63) is 91.3 Å². The number of likely N-dealkylation sites (tertiary alicyclic amines) is 1. The van der Waals surface area contributed by atoms with Crippen LogP contribution in [0.4, 0.5) is 31.8 Å². The number of ether oxygens (including phenoxy) is 1. The summed E-state index contributed by atoms with van der Waals surface area (Å²) in [7, 11) is 3.75. The summed E-state index contributed by atoms with van der Waals surface area (Å²) in [6.45, 7) is 7.49. The van der Waals surface area contributed by atoms with Gasteiger partial charge in [0.05, 0.1) is 29.9 Å². The number of benzene rings is 3. The number of aromatic nitrogens is 3. The number of rotatable bonds is 9. The molecule has 1 amide bonds. The summed E-state index contributed by atoms with van der Waals surface area (Å²) >= 11 is 0. The van der Waals surface area contributed by atoms with Gasteiger partial charge < -0.3 is 29.7 Å². The number of fused-ring (bicyclic) bond motifs is 2. The van der Waals surface area contributed by atoms with E-state index in [1.807, 2.05) is 30.3 Å². The molecule has 2 aromatic heterocycles. The molecule has 1 aliphatic carbocycles. The Kier molecular flexibility index (Phi) is 7.79. The number of hydrogen-bond donors (Lipinski definition) is 2. The predicted octanol–water partition coefficient (Wildman–Crippen LogP) is 7.25. The molecule has 1 unspecified atom stereocenters. The van der Waals surface area contributed by atoms with Crippen molar-refractivity contribution in [2.45, 2.75) is 18.9 Å². The Morgan fingerprint density at radius 1 is 0.980 bits per heavy atom. The van der Waals surface area contributed by atoms with Crippen LogP contribution in [-0.4, -0.2) is 65.7 Å². The first-order valence-electron chi connectivity index (χ1n) is 16.6. The third kappa shape index (κ3) is 5.78. The minimum absolute atomic E-state index is 0.198. The van der Waals surface area contributed by atoms with Gasteiger partial charge >= 0.3 is 0 Å². The van der Waals surface area contributed by atoms with Crippen LogP contribution in [0.5, 0.6) is 5.75 Å². The van der Waals surface area contributed by atoms with Crippen LogP contribution >= 0.6 is 0 Å². The minimum Gasteiger partial charge on any atom is -0.494 e. The lowest BCUT2D eigenvalue weighted by Gasteiger charge is -2.26. The molecule has 1 saturated carbocycles. The van der Waals surface area contributed by atoms with Crippen molar-refractivity contribution >= 4 is 39.8 Å². The van der Waals surface area contributed by atoms with Gasteiger partial charge in [-0.2, -0.15) is 0 Å². The summed E-state index contributed by atoms with van der Waals surface area (Å²) < 4.78 is 37.4. The number of carbonyl (C=O) groups is 1. The Labute approximate surface area is 283 Å². The van der Waals surface area contributed by atoms with Gasteiger partial charge in [-0.3, -0.25) is 4.79 Å². The maximum absolute atomic E-state index is 15.3. The third-order valence-corrected chi connectivity index (χ3v) is 9.96. The highest BCUT2D eigenvalue weighted by atomic mass is 19.1. The Hall–Kier alpha value is -5.29. The number of anilines is 4. The van der Waals surface area contributed by atoms with E-state index in [2.05, 4.69) is 55.9 Å². The summed E-state index contributed by atoms with van der Waals surface area (Å²) in [4.78, 5) is 26.9. The van der Waals surface area contributed by atoms with Gasteiger partial charge in [0.1, 0.15) is 17.4 Å². The van der Waals surface area contributed by atoms with Crippen molar-refractivity contribution in [1.82, 2.24) is 19.4 Å². The van der Waals surface area contributed by atoms with E-state index >= 15 is 4.39 Å². The first-order valence-corrected chi connectivity index (χ1v) is 16.6. The zero-order valence-corrected chi connectivity index (χ0v) is 27.4. The number of methoxy groups -OCH3 is 1. The average Bonchev–Trinajstić information content (AvgIpc) is 3.62. The second-order valence-corrected chi connectivity index (χ2v) is 13.3. The summed E-state index contributed by atoms with van der Waals surface area (Å²) in [5, 5.41) is 7.27. The van der Waals surface area contributed by atoms with Crippen LogP contribution in [0.2, 0.25) is 0 Å².